The van der Waals surface area contributed by atoms with Gasteiger partial charge in [0.1, 0.15) is 6.10 Å². The van der Waals surface area contributed by atoms with Gasteiger partial charge >= 0.3 is 0 Å². The quantitative estimate of drug-likeness (QED) is 0.704. The molecule has 134 valence electrons. The third-order valence-electron chi connectivity index (χ3n) is 4.13. The van der Waals surface area contributed by atoms with Crippen molar-refractivity contribution in [2.45, 2.75) is 26.9 Å². The molecular weight excluding hydrogens is 342 g/mol. The molecule has 0 aliphatic carbocycles. The van der Waals surface area contributed by atoms with Gasteiger partial charge in [0, 0.05) is 11.4 Å². The van der Waals surface area contributed by atoms with Crippen LogP contribution < -0.4 is 0 Å². The number of rotatable bonds is 9. The van der Waals surface area contributed by atoms with Gasteiger partial charge in [-0.3, -0.25) is 0 Å². The lowest BCUT2D eigenvalue weighted by atomic mass is 9.99. The fraction of sp³-hybridized carbons (Fsp3) is 0.474. The lowest BCUT2D eigenvalue weighted by molar-refractivity contribution is 0.00291. The van der Waals surface area contributed by atoms with Crippen molar-refractivity contribution in [1.29, 1.82) is 0 Å². The highest BCUT2D eigenvalue weighted by molar-refractivity contribution is 7.13. The minimum Gasteiger partial charge on any atom is -0.393 e. The number of aryl methyl sites for hydroxylation is 1. The standard InChI is InChI=1S/C19H27NO2S.ClH/c1-4-20(5-2)10-11-22-18(14-21)16-9-8-15(3)13-17(16)19-7-6-12-23-19;/h6-9,12-13,18,21H,4-5,10-11,14H2,1-3H3;1H. The number of hydrogen-bond donors (Lipinski definition) is 1. The second-order valence-corrected chi connectivity index (χ2v) is 6.58. The molecule has 1 aromatic carbocycles. The van der Waals surface area contributed by atoms with E-state index in [0.717, 1.165) is 25.2 Å². The molecule has 1 unspecified atom stereocenters. The Balaban J connectivity index is 0.00000288. The summed E-state index contributed by atoms with van der Waals surface area (Å²) in [7, 11) is 0. The Morgan fingerprint density at radius 3 is 2.54 bits per heavy atom. The number of nitrogens with zero attached hydrogens (tertiary/aromatic N) is 1. The summed E-state index contributed by atoms with van der Waals surface area (Å²) in [4.78, 5) is 3.54. The maximum atomic E-state index is 9.82. The summed E-state index contributed by atoms with van der Waals surface area (Å²) in [5.41, 5.74) is 3.46. The first-order valence-corrected chi connectivity index (χ1v) is 9.16. The first-order chi connectivity index (χ1) is 11.2. The van der Waals surface area contributed by atoms with Crippen molar-refractivity contribution >= 4 is 23.7 Å². The van der Waals surface area contributed by atoms with Gasteiger partial charge in [0.25, 0.3) is 0 Å². The molecule has 0 fully saturated rings. The van der Waals surface area contributed by atoms with Gasteiger partial charge < -0.3 is 14.7 Å². The van der Waals surface area contributed by atoms with Crippen LogP contribution in [0.5, 0.6) is 0 Å². The van der Waals surface area contributed by atoms with Gasteiger partial charge in [0.05, 0.1) is 13.2 Å². The Bertz CT molecular complexity index is 585. The third-order valence-corrected chi connectivity index (χ3v) is 5.03. The fourth-order valence-corrected chi connectivity index (χ4v) is 3.47. The zero-order valence-corrected chi connectivity index (χ0v) is 16.3. The maximum absolute atomic E-state index is 9.82. The molecule has 5 heteroatoms. The van der Waals surface area contributed by atoms with Crippen LogP contribution in [0.4, 0.5) is 0 Å². The number of halogens is 1. The molecule has 0 radical (unpaired) electrons. The topological polar surface area (TPSA) is 32.7 Å². The minimum atomic E-state index is -0.275. The van der Waals surface area contributed by atoms with Gasteiger partial charge in [-0.15, -0.1) is 23.7 Å². The predicted octanol–water partition coefficient (Wildman–Crippen LogP) is 4.54. The zero-order chi connectivity index (χ0) is 16.7. The van der Waals surface area contributed by atoms with Crippen molar-refractivity contribution < 1.29 is 9.84 Å². The molecule has 0 spiro atoms. The molecule has 1 N–H and O–H groups in total. The smallest absolute Gasteiger partial charge is 0.106 e. The number of aliphatic hydroxyl groups excluding tert-OH is 1. The number of benzene rings is 1. The minimum absolute atomic E-state index is 0. The van der Waals surface area contributed by atoms with E-state index in [9.17, 15) is 5.11 Å². The summed E-state index contributed by atoms with van der Waals surface area (Å²) in [6.07, 6.45) is -0.275. The lowest BCUT2D eigenvalue weighted by Gasteiger charge is -2.22. The Morgan fingerprint density at radius 2 is 1.96 bits per heavy atom. The molecule has 0 aliphatic rings. The second-order valence-electron chi connectivity index (χ2n) is 5.64. The number of aliphatic hydroxyl groups is 1. The van der Waals surface area contributed by atoms with Crippen molar-refractivity contribution in [3.63, 3.8) is 0 Å². The van der Waals surface area contributed by atoms with Gasteiger partial charge in [-0.25, -0.2) is 0 Å². The monoisotopic (exact) mass is 369 g/mol. The number of thiophene rings is 1. The zero-order valence-electron chi connectivity index (χ0n) is 14.7. The van der Waals surface area contributed by atoms with E-state index in [-0.39, 0.29) is 25.1 Å². The predicted molar refractivity (Wildman–Crippen MR) is 105 cm³/mol. The van der Waals surface area contributed by atoms with Crippen LogP contribution in [0, 0.1) is 6.92 Å². The Morgan fingerprint density at radius 1 is 1.21 bits per heavy atom. The highest BCUT2D eigenvalue weighted by Gasteiger charge is 2.17. The summed E-state index contributed by atoms with van der Waals surface area (Å²) in [6, 6.07) is 10.5. The van der Waals surface area contributed by atoms with Crippen LogP contribution in [0.1, 0.15) is 31.1 Å². The molecule has 2 aromatic rings. The molecule has 24 heavy (non-hydrogen) atoms. The van der Waals surface area contributed by atoms with E-state index in [2.05, 4.69) is 61.4 Å². The van der Waals surface area contributed by atoms with Gasteiger partial charge in [0.15, 0.2) is 0 Å². The normalized spacial score (nSPS) is 12.2. The van der Waals surface area contributed by atoms with Gasteiger partial charge in [-0.2, -0.15) is 0 Å². The Labute approximate surface area is 155 Å². The van der Waals surface area contributed by atoms with Gasteiger partial charge in [-0.05, 0) is 42.6 Å². The molecule has 0 aliphatic heterocycles. The van der Waals surface area contributed by atoms with Crippen molar-refractivity contribution in [3.8, 4) is 10.4 Å². The highest BCUT2D eigenvalue weighted by atomic mass is 35.5. The average Bonchev–Trinajstić information content (AvgIpc) is 3.10. The Hall–Kier alpha value is -0.910. The van der Waals surface area contributed by atoms with Crippen molar-refractivity contribution in [2.24, 2.45) is 0 Å². The third kappa shape index (κ3) is 5.57. The molecule has 0 saturated heterocycles. The van der Waals surface area contributed by atoms with Crippen LogP contribution in [0.15, 0.2) is 35.7 Å². The van der Waals surface area contributed by atoms with Crippen LogP contribution >= 0.6 is 23.7 Å². The molecule has 3 nitrogen and oxygen atoms in total. The summed E-state index contributed by atoms with van der Waals surface area (Å²) in [5, 5.41) is 11.9. The summed E-state index contributed by atoms with van der Waals surface area (Å²) in [5.74, 6) is 0. The molecule has 1 atom stereocenters. The van der Waals surface area contributed by atoms with Crippen molar-refractivity contribution in [1.82, 2.24) is 4.90 Å². The molecule has 0 bridgehead atoms. The first kappa shape index (κ1) is 21.1. The van der Waals surface area contributed by atoms with Gasteiger partial charge in [-0.1, -0.05) is 43.7 Å². The molecule has 1 heterocycles. The van der Waals surface area contributed by atoms with Gasteiger partial charge in [0.2, 0.25) is 0 Å². The fourth-order valence-electron chi connectivity index (χ4n) is 2.70. The van der Waals surface area contributed by atoms with Crippen LogP contribution in [0.3, 0.4) is 0 Å². The van der Waals surface area contributed by atoms with Crippen LogP contribution in [0.2, 0.25) is 0 Å². The van der Waals surface area contributed by atoms with E-state index >= 15 is 0 Å². The lowest BCUT2D eigenvalue weighted by Crippen LogP contribution is -2.28. The van der Waals surface area contributed by atoms with Crippen LogP contribution in [-0.4, -0.2) is 42.9 Å². The second kappa shape index (κ2) is 10.9. The van der Waals surface area contributed by atoms with Crippen LogP contribution in [-0.2, 0) is 4.74 Å². The molecule has 2 rings (SSSR count). The van der Waals surface area contributed by atoms with E-state index in [1.54, 1.807) is 11.3 Å². The molecule has 0 saturated carbocycles. The maximum Gasteiger partial charge on any atom is 0.106 e. The molecular formula is C19H28ClNO2S. The molecule has 0 amide bonds. The molecule has 1 aromatic heterocycles. The van der Waals surface area contributed by atoms with Crippen molar-refractivity contribution in [3.05, 3.63) is 46.8 Å². The largest absolute Gasteiger partial charge is 0.393 e. The number of hydrogen-bond acceptors (Lipinski definition) is 4. The van der Waals surface area contributed by atoms with Crippen LogP contribution in [0.25, 0.3) is 10.4 Å². The van der Waals surface area contributed by atoms with E-state index < -0.39 is 0 Å². The summed E-state index contributed by atoms with van der Waals surface area (Å²) < 4.78 is 6.00. The van der Waals surface area contributed by atoms with Crippen molar-refractivity contribution in [2.75, 3.05) is 32.8 Å². The van der Waals surface area contributed by atoms with E-state index in [4.69, 9.17) is 4.74 Å². The van der Waals surface area contributed by atoms with E-state index in [1.807, 2.05) is 0 Å². The summed E-state index contributed by atoms with van der Waals surface area (Å²) >= 11 is 1.72. The highest BCUT2D eigenvalue weighted by Crippen LogP contribution is 2.33. The van der Waals surface area contributed by atoms with E-state index in [0.29, 0.717) is 6.61 Å². The number of likely N-dealkylation sites (N-methyl/N-ethyl adjacent to an activating group) is 1. The SMILES string of the molecule is CCN(CC)CCOC(CO)c1ccc(C)cc1-c1cccs1.Cl. The first-order valence-electron chi connectivity index (χ1n) is 8.28. The Kier molecular flexibility index (Phi) is 9.56. The average molecular weight is 370 g/mol. The van der Waals surface area contributed by atoms with E-state index in [1.165, 1.54) is 16.0 Å². The summed E-state index contributed by atoms with van der Waals surface area (Å²) in [6.45, 7) is 9.97. The number of ether oxygens (including phenoxy) is 1.